The Balaban J connectivity index is 1.66. The van der Waals surface area contributed by atoms with Crippen LogP contribution in [-0.4, -0.2) is 25.7 Å². The van der Waals surface area contributed by atoms with E-state index in [-0.39, 0.29) is 5.78 Å². The van der Waals surface area contributed by atoms with Gasteiger partial charge >= 0.3 is 0 Å². The molecule has 0 aliphatic rings. The first kappa shape index (κ1) is 20.5. The van der Waals surface area contributed by atoms with Crippen molar-refractivity contribution in [2.24, 2.45) is 0 Å². The summed E-state index contributed by atoms with van der Waals surface area (Å²) in [5, 5.41) is 13.9. The third-order valence-electron chi connectivity index (χ3n) is 4.99. The van der Waals surface area contributed by atoms with E-state index in [1.54, 1.807) is 30.6 Å². The minimum absolute atomic E-state index is 0.0629. The second kappa shape index (κ2) is 7.82. The number of hydrogen-bond acceptors (Lipinski definition) is 6. The maximum atomic E-state index is 11.6. The average molecular weight is 431 g/mol. The molecule has 4 rings (SSSR count). The molecule has 31 heavy (non-hydrogen) atoms. The van der Waals surface area contributed by atoms with Gasteiger partial charge in [0.15, 0.2) is 5.78 Å². The highest BCUT2D eigenvalue weighted by molar-refractivity contribution is 6.35. The van der Waals surface area contributed by atoms with Gasteiger partial charge in [-0.2, -0.15) is 5.26 Å². The van der Waals surface area contributed by atoms with E-state index >= 15 is 0 Å². The number of aromatic nitrogens is 4. The summed E-state index contributed by atoms with van der Waals surface area (Å²) >= 11 is 6.39. The summed E-state index contributed by atoms with van der Waals surface area (Å²) in [6.07, 6.45) is 3.31. The molecule has 0 saturated carbocycles. The standard InChI is InChI=1S/C23H19ClN6O/c1-13(31)19-9-14-8-16(11-17(24)21(14)29-19)28-22-27-7-5-18(30-22)20-10-15(4-6-26-20)23(2,3)12-25/h4-11,29H,1-3H3,(H,27,28,30). The number of anilines is 2. The lowest BCUT2D eigenvalue weighted by Crippen LogP contribution is -2.14. The number of nitriles is 1. The molecule has 0 amide bonds. The Morgan fingerprint density at radius 2 is 1.90 bits per heavy atom. The molecule has 0 atom stereocenters. The third-order valence-corrected chi connectivity index (χ3v) is 5.29. The predicted octanol–water partition coefficient (Wildman–Crippen LogP) is 5.42. The molecule has 0 bridgehead atoms. The molecule has 0 saturated heterocycles. The fourth-order valence-electron chi connectivity index (χ4n) is 3.18. The van der Waals surface area contributed by atoms with E-state index in [9.17, 15) is 10.1 Å². The van der Waals surface area contributed by atoms with Gasteiger partial charge < -0.3 is 10.3 Å². The van der Waals surface area contributed by atoms with E-state index in [4.69, 9.17) is 11.6 Å². The number of halogens is 1. The van der Waals surface area contributed by atoms with Crippen molar-refractivity contribution in [1.82, 2.24) is 19.9 Å². The molecule has 7 nitrogen and oxygen atoms in total. The van der Waals surface area contributed by atoms with Gasteiger partial charge in [-0.05, 0) is 55.8 Å². The van der Waals surface area contributed by atoms with Crippen molar-refractivity contribution >= 4 is 39.9 Å². The molecule has 3 aromatic heterocycles. The number of hydrogen-bond donors (Lipinski definition) is 2. The molecule has 0 radical (unpaired) electrons. The van der Waals surface area contributed by atoms with Crippen molar-refractivity contribution in [2.45, 2.75) is 26.2 Å². The molecule has 0 spiro atoms. The summed E-state index contributed by atoms with van der Waals surface area (Å²) in [5.41, 5.74) is 3.40. The van der Waals surface area contributed by atoms with Crippen LogP contribution in [0.1, 0.15) is 36.8 Å². The molecular formula is C23H19ClN6O. The Labute approximate surface area is 184 Å². The summed E-state index contributed by atoms with van der Waals surface area (Å²) in [6.45, 7) is 5.22. The van der Waals surface area contributed by atoms with Crippen molar-refractivity contribution < 1.29 is 4.79 Å². The van der Waals surface area contributed by atoms with Crippen LogP contribution in [0.5, 0.6) is 0 Å². The third kappa shape index (κ3) is 4.11. The highest BCUT2D eigenvalue weighted by Gasteiger charge is 2.20. The monoisotopic (exact) mass is 430 g/mol. The zero-order chi connectivity index (χ0) is 22.2. The molecule has 0 fully saturated rings. The highest BCUT2D eigenvalue weighted by atomic mass is 35.5. The number of H-pyrrole nitrogens is 1. The highest BCUT2D eigenvalue weighted by Crippen LogP contribution is 2.30. The van der Waals surface area contributed by atoms with Crippen LogP contribution in [0.15, 0.2) is 48.8 Å². The number of pyridine rings is 1. The molecule has 1 aromatic carbocycles. The van der Waals surface area contributed by atoms with Crippen LogP contribution >= 0.6 is 11.6 Å². The second-order valence-electron chi connectivity index (χ2n) is 7.72. The van der Waals surface area contributed by atoms with Crippen LogP contribution in [0, 0.1) is 11.3 Å². The quantitative estimate of drug-likeness (QED) is 0.409. The van der Waals surface area contributed by atoms with Gasteiger partial charge in [0.2, 0.25) is 5.95 Å². The first-order valence-electron chi connectivity index (χ1n) is 9.58. The Bertz CT molecular complexity index is 1350. The van der Waals surface area contributed by atoms with Gasteiger partial charge in [0.1, 0.15) is 0 Å². The lowest BCUT2D eigenvalue weighted by molar-refractivity contribution is 0.101. The van der Waals surface area contributed by atoms with E-state index in [0.29, 0.717) is 39.3 Å². The number of fused-ring (bicyclic) bond motifs is 1. The predicted molar refractivity (Wildman–Crippen MR) is 120 cm³/mol. The number of aromatic amines is 1. The molecule has 2 N–H and O–H groups in total. The molecule has 3 heterocycles. The number of carbonyl (C=O) groups is 1. The number of Topliss-reactive ketones (excluding diaryl/α,β-unsaturated/α-hetero) is 1. The molecule has 0 aliphatic carbocycles. The lowest BCUT2D eigenvalue weighted by atomic mass is 9.86. The number of rotatable bonds is 5. The van der Waals surface area contributed by atoms with Gasteiger partial charge in [0.05, 0.1) is 39.1 Å². The molecular weight excluding hydrogens is 412 g/mol. The minimum Gasteiger partial charge on any atom is -0.351 e. The van der Waals surface area contributed by atoms with Crippen molar-refractivity contribution in [2.75, 3.05) is 5.32 Å². The summed E-state index contributed by atoms with van der Waals surface area (Å²) < 4.78 is 0. The van der Waals surface area contributed by atoms with Gasteiger partial charge in [-0.3, -0.25) is 9.78 Å². The Hall–Kier alpha value is -3.76. The van der Waals surface area contributed by atoms with Crippen LogP contribution in [-0.2, 0) is 5.41 Å². The van der Waals surface area contributed by atoms with Crippen LogP contribution in [0.3, 0.4) is 0 Å². The molecule has 4 aromatic rings. The maximum absolute atomic E-state index is 11.6. The number of carbonyl (C=O) groups excluding carboxylic acids is 1. The minimum atomic E-state index is -0.632. The normalized spacial score (nSPS) is 11.3. The first-order chi connectivity index (χ1) is 14.8. The second-order valence-corrected chi connectivity index (χ2v) is 8.13. The SMILES string of the molecule is CC(=O)c1cc2cc(Nc3nccc(-c4cc(C(C)(C)C#N)ccn4)n3)cc(Cl)c2[nH]1. The Kier molecular flexibility index (Phi) is 5.17. The zero-order valence-electron chi connectivity index (χ0n) is 17.2. The number of ketones is 1. The van der Waals surface area contributed by atoms with E-state index in [1.165, 1.54) is 6.92 Å². The van der Waals surface area contributed by atoms with Crippen LogP contribution in [0.2, 0.25) is 5.02 Å². The fourth-order valence-corrected chi connectivity index (χ4v) is 3.45. The smallest absolute Gasteiger partial charge is 0.227 e. The van der Waals surface area contributed by atoms with Gasteiger partial charge in [-0.25, -0.2) is 9.97 Å². The van der Waals surface area contributed by atoms with E-state index in [0.717, 1.165) is 10.9 Å². The summed E-state index contributed by atoms with van der Waals surface area (Å²) in [7, 11) is 0. The van der Waals surface area contributed by atoms with Crippen molar-refractivity contribution in [3.05, 3.63) is 65.1 Å². The first-order valence-corrected chi connectivity index (χ1v) is 9.96. The molecule has 154 valence electrons. The maximum Gasteiger partial charge on any atom is 0.227 e. The lowest BCUT2D eigenvalue weighted by Gasteiger charge is -2.16. The van der Waals surface area contributed by atoms with Crippen molar-refractivity contribution in [1.29, 1.82) is 5.26 Å². The Morgan fingerprint density at radius 1 is 1.13 bits per heavy atom. The van der Waals surface area contributed by atoms with Gasteiger partial charge in [0, 0.05) is 30.4 Å². The summed E-state index contributed by atoms with van der Waals surface area (Å²) in [6, 6.07) is 13.1. The van der Waals surface area contributed by atoms with Crippen LogP contribution in [0.4, 0.5) is 11.6 Å². The van der Waals surface area contributed by atoms with E-state index in [1.807, 2.05) is 32.0 Å². The van der Waals surface area contributed by atoms with Crippen LogP contribution < -0.4 is 5.32 Å². The largest absolute Gasteiger partial charge is 0.351 e. The van der Waals surface area contributed by atoms with E-state index < -0.39 is 5.41 Å². The van der Waals surface area contributed by atoms with Crippen LogP contribution in [0.25, 0.3) is 22.3 Å². The zero-order valence-corrected chi connectivity index (χ0v) is 17.9. The number of nitrogens with one attached hydrogen (secondary N) is 2. The molecule has 8 heteroatoms. The molecule has 0 unspecified atom stereocenters. The van der Waals surface area contributed by atoms with Gasteiger partial charge in [-0.1, -0.05) is 11.6 Å². The molecule has 0 aliphatic heterocycles. The summed E-state index contributed by atoms with van der Waals surface area (Å²) in [4.78, 5) is 27.9. The average Bonchev–Trinajstić information content (AvgIpc) is 3.19. The Morgan fingerprint density at radius 3 is 2.65 bits per heavy atom. The van der Waals surface area contributed by atoms with Crippen molar-refractivity contribution in [3.8, 4) is 17.5 Å². The number of benzene rings is 1. The van der Waals surface area contributed by atoms with E-state index in [2.05, 4.69) is 31.3 Å². The van der Waals surface area contributed by atoms with Gasteiger partial charge in [0.25, 0.3) is 0 Å². The fraction of sp³-hybridized carbons (Fsp3) is 0.174. The summed E-state index contributed by atoms with van der Waals surface area (Å²) in [5.74, 6) is 0.314. The van der Waals surface area contributed by atoms with Gasteiger partial charge in [-0.15, -0.1) is 0 Å². The number of nitrogens with zero attached hydrogens (tertiary/aromatic N) is 4. The van der Waals surface area contributed by atoms with Crippen molar-refractivity contribution in [3.63, 3.8) is 0 Å². The topological polar surface area (TPSA) is 107 Å².